The van der Waals surface area contributed by atoms with Crippen molar-refractivity contribution in [2.45, 2.75) is 75.6 Å². The van der Waals surface area contributed by atoms with Gasteiger partial charge in [-0.25, -0.2) is 0 Å². The summed E-state index contributed by atoms with van der Waals surface area (Å²) in [6.07, 6.45) is -4.11. The molecule has 9 rings (SSSR count). The average molecular weight is 783 g/mol. The molecule has 7 unspecified atom stereocenters. The summed E-state index contributed by atoms with van der Waals surface area (Å²) < 4.78 is 68.7. The molecule has 0 aromatic heterocycles. The fourth-order valence-corrected chi connectivity index (χ4v) is 8.86. The number of rotatable bonds is 11. The van der Waals surface area contributed by atoms with Gasteiger partial charge in [0.1, 0.15) is 24.4 Å². The van der Waals surface area contributed by atoms with Crippen LogP contribution in [0, 0.1) is 11.8 Å². The van der Waals surface area contributed by atoms with Crippen molar-refractivity contribution in [3.8, 4) is 28.7 Å². The summed E-state index contributed by atoms with van der Waals surface area (Å²) in [6.45, 7) is 2.93. The first kappa shape index (κ1) is 37.7. The zero-order chi connectivity index (χ0) is 39.0. The zero-order valence-electron chi connectivity index (χ0n) is 31.9. The summed E-state index contributed by atoms with van der Waals surface area (Å²) in [7, 11) is 2.94. The van der Waals surface area contributed by atoms with Crippen molar-refractivity contribution in [3.63, 3.8) is 0 Å². The first-order valence-corrected chi connectivity index (χ1v) is 19.3. The van der Waals surface area contributed by atoms with Gasteiger partial charge < -0.3 is 57.2 Å². The topological polar surface area (TPSA) is 139 Å². The standard InChI is InChI=1S/C44H46O13/c1-24-50-22-35-40(55-24)41(51-20-25-10-6-4-7-11-25)42(52-21-26-12-8-5-9-13-26)44(56-35)57-39-28-14-15-49-43(46)37(28)36(27-16-33(47-2)38(45)34(17-27)48-3)29-18-31-32(19-30(29)39)54-23-53-31/h4-13,16-19,24,28,35-37,39-42,44-45H,14-15,20-23H2,1-3H3/t24?,28-,35?,36?,37-,39-,40?,41?,42?,44?/m0/s1. The van der Waals surface area contributed by atoms with Gasteiger partial charge in [0.15, 0.2) is 35.6 Å². The van der Waals surface area contributed by atoms with Crippen LogP contribution in [0.25, 0.3) is 0 Å². The molecular formula is C44H46O13. The first-order valence-electron chi connectivity index (χ1n) is 19.3. The highest BCUT2D eigenvalue weighted by molar-refractivity contribution is 5.77. The monoisotopic (exact) mass is 782 g/mol. The number of ether oxygens (including phenoxy) is 11. The van der Waals surface area contributed by atoms with Gasteiger partial charge in [-0.15, -0.1) is 0 Å². The maximum atomic E-state index is 14.1. The van der Waals surface area contributed by atoms with Gasteiger partial charge >= 0.3 is 5.97 Å². The number of fused-ring (bicyclic) bond motifs is 4. The molecule has 5 aliphatic rings. The van der Waals surface area contributed by atoms with Crippen LogP contribution >= 0.6 is 0 Å². The van der Waals surface area contributed by atoms with E-state index in [4.69, 9.17) is 52.1 Å². The van der Waals surface area contributed by atoms with Crippen LogP contribution in [0.1, 0.15) is 53.2 Å². The Morgan fingerprint density at radius 1 is 0.772 bits per heavy atom. The molecular weight excluding hydrogens is 736 g/mol. The van der Waals surface area contributed by atoms with E-state index >= 15 is 0 Å². The van der Waals surface area contributed by atoms with E-state index in [1.165, 1.54) is 14.2 Å². The van der Waals surface area contributed by atoms with Crippen molar-refractivity contribution in [1.82, 2.24) is 0 Å². The van der Waals surface area contributed by atoms with E-state index in [1.54, 1.807) is 12.1 Å². The molecule has 13 heteroatoms. The van der Waals surface area contributed by atoms with Gasteiger partial charge in [0, 0.05) is 11.8 Å². The van der Waals surface area contributed by atoms with Gasteiger partial charge in [-0.3, -0.25) is 4.79 Å². The lowest BCUT2D eigenvalue weighted by Gasteiger charge is -2.51. The Labute approximate surface area is 330 Å². The minimum Gasteiger partial charge on any atom is -0.502 e. The summed E-state index contributed by atoms with van der Waals surface area (Å²) in [5.74, 6) is -0.626. The van der Waals surface area contributed by atoms with E-state index < -0.39 is 54.9 Å². The summed E-state index contributed by atoms with van der Waals surface area (Å²) in [6, 6.07) is 27.1. The van der Waals surface area contributed by atoms with E-state index in [1.807, 2.05) is 79.7 Å². The Morgan fingerprint density at radius 3 is 2.05 bits per heavy atom. The molecule has 3 saturated heterocycles. The van der Waals surface area contributed by atoms with Gasteiger partial charge in [-0.2, -0.15) is 0 Å². The third kappa shape index (κ3) is 7.28. The van der Waals surface area contributed by atoms with Crippen molar-refractivity contribution in [3.05, 3.63) is 113 Å². The molecule has 0 bridgehead atoms. The molecule has 0 amide bonds. The number of hydrogen-bond acceptors (Lipinski definition) is 13. The number of methoxy groups -OCH3 is 2. The molecule has 10 atom stereocenters. The van der Waals surface area contributed by atoms with E-state index in [0.717, 1.165) is 22.3 Å². The lowest BCUT2D eigenvalue weighted by molar-refractivity contribution is -0.376. The maximum absolute atomic E-state index is 14.1. The van der Waals surface area contributed by atoms with Crippen LogP contribution in [0.4, 0.5) is 0 Å². The van der Waals surface area contributed by atoms with Gasteiger partial charge in [0.2, 0.25) is 12.5 Å². The number of phenols is 1. The van der Waals surface area contributed by atoms with Gasteiger partial charge in [0.05, 0.1) is 52.7 Å². The molecule has 57 heavy (non-hydrogen) atoms. The van der Waals surface area contributed by atoms with Crippen LogP contribution in [0.3, 0.4) is 0 Å². The number of benzene rings is 4. The smallest absolute Gasteiger partial charge is 0.310 e. The Morgan fingerprint density at radius 2 is 1.40 bits per heavy atom. The minimum absolute atomic E-state index is 0.0488. The van der Waals surface area contributed by atoms with Gasteiger partial charge in [-0.05, 0) is 65.4 Å². The van der Waals surface area contributed by atoms with Gasteiger partial charge in [0.25, 0.3) is 0 Å². The molecule has 300 valence electrons. The Balaban J connectivity index is 1.14. The van der Waals surface area contributed by atoms with E-state index in [0.29, 0.717) is 30.1 Å². The molecule has 4 aromatic rings. The zero-order valence-corrected chi connectivity index (χ0v) is 31.9. The Hall–Kier alpha value is -4.89. The molecule has 0 saturated carbocycles. The number of carbonyl (C=O) groups is 1. The number of esters is 1. The lowest BCUT2D eigenvalue weighted by Crippen LogP contribution is -2.64. The molecule has 0 radical (unpaired) electrons. The maximum Gasteiger partial charge on any atom is 0.310 e. The highest BCUT2D eigenvalue weighted by Gasteiger charge is 2.56. The van der Waals surface area contributed by atoms with Gasteiger partial charge in [-0.1, -0.05) is 60.7 Å². The Bertz CT molecular complexity index is 2020. The summed E-state index contributed by atoms with van der Waals surface area (Å²) in [5, 5.41) is 10.9. The molecule has 4 aliphatic heterocycles. The van der Waals surface area contributed by atoms with Crippen LogP contribution < -0.4 is 18.9 Å². The highest BCUT2D eigenvalue weighted by atomic mass is 16.8. The summed E-state index contributed by atoms with van der Waals surface area (Å²) in [4.78, 5) is 14.1. The quantitative estimate of drug-likeness (QED) is 0.174. The number of aromatic hydroxyl groups is 1. The predicted molar refractivity (Wildman–Crippen MR) is 201 cm³/mol. The van der Waals surface area contributed by atoms with E-state index in [9.17, 15) is 9.90 Å². The summed E-state index contributed by atoms with van der Waals surface area (Å²) >= 11 is 0. The largest absolute Gasteiger partial charge is 0.502 e. The SMILES string of the molecule is COc1cc(C2c3cc4c(cc3[C@@H](OC3OC5COC(C)OC5C(OCc5ccccc5)C3OCc3ccccc3)[C@H]3CCOC(=O)[C@H]23)OCO4)cc(OC)c1O. The van der Waals surface area contributed by atoms with Crippen molar-refractivity contribution >= 4 is 5.97 Å². The molecule has 1 N–H and O–H groups in total. The fourth-order valence-electron chi connectivity index (χ4n) is 8.86. The molecule has 1 aliphatic carbocycles. The predicted octanol–water partition coefficient (Wildman–Crippen LogP) is 6.18. The molecule has 0 spiro atoms. The second-order valence-corrected chi connectivity index (χ2v) is 14.9. The number of carbonyl (C=O) groups excluding carboxylic acids is 1. The van der Waals surface area contributed by atoms with Crippen LogP contribution in [0.5, 0.6) is 28.7 Å². The van der Waals surface area contributed by atoms with Crippen molar-refractivity contribution in [1.29, 1.82) is 0 Å². The fraction of sp³-hybridized carbons (Fsp3) is 0.432. The van der Waals surface area contributed by atoms with Crippen LogP contribution in [0.2, 0.25) is 0 Å². The number of hydrogen-bond donors (Lipinski definition) is 1. The molecule has 4 aromatic carbocycles. The normalized spacial score (nSPS) is 30.1. The second kappa shape index (κ2) is 16.2. The van der Waals surface area contributed by atoms with E-state index in [-0.39, 0.29) is 55.7 Å². The average Bonchev–Trinajstić information content (AvgIpc) is 3.70. The number of phenolic OH excluding ortho intramolecular Hbond substituents is 1. The van der Waals surface area contributed by atoms with Crippen molar-refractivity contribution in [2.75, 3.05) is 34.2 Å². The van der Waals surface area contributed by atoms with Crippen molar-refractivity contribution in [2.24, 2.45) is 11.8 Å². The van der Waals surface area contributed by atoms with Crippen LogP contribution in [-0.2, 0) is 51.2 Å². The third-order valence-electron chi connectivity index (χ3n) is 11.5. The summed E-state index contributed by atoms with van der Waals surface area (Å²) in [5.41, 5.74) is 4.22. The molecule has 13 nitrogen and oxygen atoms in total. The molecule has 3 fully saturated rings. The highest BCUT2D eigenvalue weighted by Crippen LogP contribution is 2.57. The van der Waals surface area contributed by atoms with Crippen molar-refractivity contribution < 1.29 is 62.0 Å². The first-order chi connectivity index (χ1) is 27.9. The Kier molecular flexibility index (Phi) is 10.7. The minimum atomic E-state index is -0.983. The lowest BCUT2D eigenvalue weighted by atomic mass is 9.63. The number of cyclic esters (lactones) is 1. The molecule has 4 heterocycles. The second-order valence-electron chi connectivity index (χ2n) is 14.9. The van der Waals surface area contributed by atoms with E-state index in [2.05, 4.69) is 0 Å². The van der Waals surface area contributed by atoms with Crippen LogP contribution in [-0.4, -0.2) is 82.3 Å². The van der Waals surface area contributed by atoms with Crippen LogP contribution in [0.15, 0.2) is 84.9 Å². The third-order valence-corrected chi connectivity index (χ3v) is 11.5.